The lowest BCUT2D eigenvalue weighted by Gasteiger charge is -2.44. The van der Waals surface area contributed by atoms with Crippen molar-refractivity contribution in [1.82, 2.24) is 4.90 Å². The molecule has 0 aromatic heterocycles. The van der Waals surface area contributed by atoms with Crippen LogP contribution in [0.2, 0.25) is 0 Å². The zero-order chi connectivity index (χ0) is 29.0. The van der Waals surface area contributed by atoms with E-state index in [1.54, 1.807) is 11.8 Å². The van der Waals surface area contributed by atoms with E-state index in [0.29, 0.717) is 39.0 Å². The summed E-state index contributed by atoms with van der Waals surface area (Å²) in [6.07, 6.45) is 0.678. The second-order valence-electron chi connectivity index (χ2n) is 12.0. The predicted octanol–water partition coefficient (Wildman–Crippen LogP) is 5.74. The summed E-state index contributed by atoms with van der Waals surface area (Å²) in [5.74, 6) is 0.0687. The van der Waals surface area contributed by atoms with Gasteiger partial charge in [-0.15, -0.1) is 0 Å². The van der Waals surface area contributed by atoms with E-state index >= 15 is 0 Å². The number of benzene rings is 2. The number of carbonyl (C=O) groups excluding carboxylic acids is 3. The minimum absolute atomic E-state index is 0.0126. The Morgan fingerprint density at radius 1 is 0.950 bits per heavy atom. The minimum atomic E-state index is -0.522. The Morgan fingerprint density at radius 2 is 1.62 bits per heavy atom. The highest BCUT2D eigenvalue weighted by atomic mass is 16.6. The van der Waals surface area contributed by atoms with Crippen LogP contribution in [-0.4, -0.2) is 60.7 Å². The highest BCUT2D eigenvalue weighted by Gasteiger charge is 2.38. The second-order valence-corrected chi connectivity index (χ2v) is 12.0. The fraction of sp³-hybridized carbons (Fsp3) is 0.531. The molecule has 0 unspecified atom stereocenters. The maximum absolute atomic E-state index is 12.7. The average Bonchev–Trinajstić information content (AvgIpc) is 2.91. The number of rotatable bonds is 6. The van der Waals surface area contributed by atoms with E-state index in [4.69, 9.17) is 9.47 Å². The fourth-order valence-electron chi connectivity index (χ4n) is 5.76. The number of carbonyl (C=O) groups is 3. The molecule has 0 saturated carbocycles. The molecule has 0 N–H and O–H groups in total. The molecule has 2 aliphatic heterocycles. The van der Waals surface area contributed by atoms with Crippen LogP contribution in [0.4, 0.5) is 16.2 Å². The Bertz CT molecular complexity index is 1200. The van der Waals surface area contributed by atoms with Gasteiger partial charge in [0.25, 0.3) is 0 Å². The number of fused-ring (bicyclic) bond motifs is 1. The zero-order valence-electron chi connectivity index (χ0n) is 24.7. The Kier molecular flexibility index (Phi) is 9.06. The maximum Gasteiger partial charge on any atom is 0.410 e. The summed E-state index contributed by atoms with van der Waals surface area (Å²) in [6, 6.07) is 16.0. The molecule has 2 amide bonds. The monoisotopic (exact) mass is 549 g/mol. The van der Waals surface area contributed by atoms with Gasteiger partial charge in [-0.05, 0) is 75.3 Å². The number of hydrogen-bond donors (Lipinski definition) is 0. The molecule has 2 heterocycles. The van der Waals surface area contributed by atoms with Gasteiger partial charge < -0.3 is 24.2 Å². The molecule has 2 aliphatic rings. The van der Waals surface area contributed by atoms with Crippen molar-refractivity contribution in [2.75, 3.05) is 36.0 Å². The lowest BCUT2D eigenvalue weighted by atomic mass is 9.75. The second kappa shape index (κ2) is 12.3. The van der Waals surface area contributed by atoms with Gasteiger partial charge in [0.05, 0.1) is 0 Å². The van der Waals surface area contributed by atoms with Crippen LogP contribution in [0.15, 0.2) is 48.5 Å². The van der Waals surface area contributed by atoms with Crippen LogP contribution in [0.25, 0.3) is 0 Å². The number of esters is 1. The number of ether oxygens (including phenoxy) is 2. The van der Waals surface area contributed by atoms with E-state index in [9.17, 15) is 14.4 Å². The summed E-state index contributed by atoms with van der Waals surface area (Å²) in [4.78, 5) is 43.8. The Labute approximate surface area is 238 Å². The van der Waals surface area contributed by atoms with Crippen molar-refractivity contribution in [2.45, 2.75) is 78.6 Å². The van der Waals surface area contributed by atoms with Crippen LogP contribution in [0.5, 0.6) is 0 Å². The fourth-order valence-corrected chi connectivity index (χ4v) is 5.76. The summed E-state index contributed by atoms with van der Waals surface area (Å²) in [5, 5.41) is 0. The molecule has 0 radical (unpaired) electrons. The van der Waals surface area contributed by atoms with Crippen molar-refractivity contribution in [3.63, 3.8) is 0 Å². The van der Waals surface area contributed by atoms with Crippen molar-refractivity contribution in [3.8, 4) is 0 Å². The first-order chi connectivity index (χ1) is 18.9. The van der Waals surface area contributed by atoms with Gasteiger partial charge in [0.2, 0.25) is 5.91 Å². The third-order valence-electron chi connectivity index (χ3n) is 8.01. The molecular formula is C32H43N3O5. The topological polar surface area (TPSA) is 79.4 Å². The first-order valence-corrected chi connectivity index (χ1v) is 14.3. The predicted molar refractivity (Wildman–Crippen MR) is 156 cm³/mol. The van der Waals surface area contributed by atoms with Crippen LogP contribution in [0.3, 0.4) is 0 Å². The molecule has 4 rings (SSSR count). The molecule has 3 atom stereocenters. The van der Waals surface area contributed by atoms with Crippen LogP contribution in [-0.2, 0) is 25.7 Å². The van der Waals surface area contributed by atoms with Gasteiger partial charge in [0, 0.05) is 56.9 Å². The number of anilines is 2. The van der Waals surface area contributed by atoms with Crippen molar-refractivity contribution >= 4 is 29.3 Å². The molecule has 2 aromatic carbocycles. The molecule has 8 heteroatoms. The molecule has 0 aliphatic carbocycles. The molecule has 0 bridgehead atoms. The van der Waals surface area contributed by atoms with Gasteiger partial charge in [-0.2, -0.15) is 0 Å². The Hall–Kier alpha value is -3.55. The molecule has 1 fully saturated rings. The number of amides is 2. The lowest BCUT2D eigenvalue weighted by Crippen LogP contribution is -2.50. The minimum Gasteiger partial charge on any atom is -0.461 e. The first-order valence-electron chi connectivity index (χ1n) is 14.3. The van der Waals surface area contributed by atoms with E-state index < -0.39 is 5.60 Å². The van der Waals surface area contributed by atoms with Crippen LogP contribution < -0.4 is 9.80 Å². The van der Waals surface area contributed by atoms with Gasteiger partial charge >= 0.3 is 12.1 Å². The maximum atomic E-state index is 12.7. The van der Waals surface area contributed by atoms with E-state index in [2.05, 4.69) is 30.9 Å². The lowest BCUT2D eigenvalue weighted by molar-refractivity contribution is -0.145. The third kappa shape index (κ3) is 6.95. The normalized spacial score (nSPS) is 21.1. The molecule has 0 spiro atoms. The smallest absolute Gasteiger partial charge is 0.410 e. The standard InChI is InChI=1S/C32H43N3O5/c1-22-23(2)35(24(3)36)29-14-12-26(33-16-18-34(19-17-33)31(38)40-32(4,5)6)20-28(29)27(22)13-15-30(37)39-21-25-10-8-7-9-11-25/h7-12,14,20,22-23,27H,13,15-19,21H2,1-6H3/t22-,23-,27+/m0/s1. The van der Waals surface area contributed by atoms with E-state index in [1.807, 2.05) is 62.1 Å². The van der Waals surface area contributed by atoms with Crippen molar-refractivity contribution < 1.29 is 23.9 Å². The summed E-state index contributed by atoms with van der Waals surface area (Å²) in [6.45, 7) is 14.3. The quantitative estimate of drug-likeness (QED) is 0.428. The third-order valence-corrected chi connectivity index (χ3v) is 8.01. The summed E-state index contributed by atoms with van der Waals surface area (Å²) in [5.41, 5.74) is 3.51. The highest BCUT2D eigenvalue weighted by Crippen LogP contribution is 2.46. The Morgan fingerprint density at radius 3 is 2.25 bits per heavy atom. The van der Waals surface area contributed by atoms with Gasteiger partial charge in [0.15, 0.2) is 0 Å². The van der Waals surface area contributed by atoms with E-state index in [1.165, 1.54) is 0 Å². The summed E-state index contributed by atoms with van der Waals surface area (Å²) in [7, 11) is 0. The van der Waals surface area contributed by atoms with Crippen molar-refractivity contribution in [3.05, 3.63) is 59.7 Å². The highest BCUT2D eigenvalue weighted by molar-refractivity contribution is 5.94. The Balaban J connectivity index is 1.48. The molecule has 8 nitrogen and oxygen atoms in total. The van der Waals surface area contributed by atoms with Crippen LogP contribution in [0, 0.1) is 5.92 Å². The largest absolute Gasteiger partial charge is 0.461 e. The van der Waals surface area contributed by atoms with Gasteiger partial charge in [-0.25, -0.2) is 4.79 Å². The molecule has 1 saturated heterocycles. The molecule has 216 valence electrons. The first kappa shape index (κ1) is 29.4. The number of piperazine rings is 1. The number of hydrogen-bond acceptors (Lipinski definition) is 6. The van der Waals surface area contributed by atoms with E-state index in [0.717, 1.165) is 22.5 Å². The average molecular weight is 550 g/mol. The summed E-state index contributed by atoms with van der Waals surface area (Å²) >= 11 is 0. The van der Waals surface area contributed by atoms with E-state index in [-0.39, 0.29) is 42.5 Å². The molecule has 2 aromatic rings. The zero-order valence-corrected chi connectivity index (χ0v) is 24.7. The number of nitrogens with zero attached hydrogens (tertiary/aromatic N) is 3. The molecular weight excluding hydrogens is 506 g/mol. The van der Waals surface area contributed by atoms with Crippen LogP contribution >= 0.6 is 0 Å². The summed E-state index contributed by atoms with van der Waals surface area (Å²) < 4.78 is 11.1. The van der Waals surface area contributed by atoms with Gasteiger partial charge in [-0.1, -0.05) is 37.3 Å². The van der Waals surface area contributed by atoms with Crippen molar-refractivity contribution in [2.24, 2.45) is 5.92 Å². The van der Waals surface area contributed by atoms with Gasteiger partial charge in [-0.3, -0.25) is 9.59 Å². The molecule has 40 heavy (non-hydrogen) atoms. The SMILES string of the molecule is CC(=O)N1c2ccc(N3CCN(C(=O)OC(C)(C)C)CC3)cc2[C@H](CCC(=O)OCc2ccccc2)[C@@H](C)[C@@H]1C. The van der Waals surface area contributed by atoms with Crippen LogP contribution in [0.1, 0.15) is 71.4 Å². The van der Waals surface area contributed by atoms with Crippen molar-refractivity contribution in [1.29, 1.82) is 0 Å². The van der Waals surface area contributed by atoms with Gasteiger partial charge in [0.1, 0.15) is 12.2 Å².